The van der Waals surface area contributed by atoms with Crippen molar-refractivity contribution < 1.29 is 0 Å². The third-order valence-electron chi connectivity index (χ3n) is 2.66. The van der Waals surface area contributed by atoms with Gasteiger partial charge in [-0.15, -0.1) is 0 Å². The summed E-state index contributed by atoms with van der Waals surface area (Å²) < 4.78 is 0. The lowest BCUT2D eigenvalue weighted by atomic mass is 9.86. The van der Waals surface area contributed by atoms with E-state index in [4.69, 9.17) is 5.73 Å². The molecule has 0 aromatic heterocycles. The Kier molecular flexibility index (Phi) is 5.51. The van der Waals surface area contributed by atoms with E-state index < -0.39 is 0 Å². The first-order valence-corrected chi connectivity index (χ1v) is 5.04. The van der Waals surface area contributed by atoms with Gasteiger partial charge in [-0.05, 0) is 33.2 Å². The fourth-order valence-electron chi connectivity index (χ4n) is 1.63. The van der Waals surface area contributed by atoms with Crippen LogP contribution in [0.1, 0.15) is 46.5 Å². The van der Waals surface area contributed by atoms with Crippen molar-refractivity contribution in [1.29, 1.82) is 0 Å². The minimum atomic E-state index is 0.0528. The van der Waals surface area contributed by atoms with Crippen LogP contribution in [0, 0.1) is 0 Å². The minimum Gasteiger partial charge on any atom is -0.325 e. The van der Waals surface area contributed by atoms with E-state index in [0.29, 0.717) is 6.04 Å². The molecule has 0 aliphatic carbocycles. The smallest absolute Gasteiger partial charge is 0.0166 e. The van der Waals surface area contributed by atoms with E-state index >= 15 is 0 Å². The molecule has 0 amide bonds. The molecular weight excluding hydrogens is 148 g/mol. The molecule has 74 valence electrons. The maximum atomic E-state index is 6.24. The summed E-state index contributed by atoms with van der Waals surface area (Å²) in [5.41, 5.74) is 6.30. The van der Waals surface area contributed by atoms with Gasteiger partial charge >= 0.3 is 0 Å². The van der Waals surface area contributed by atoms with Gasteiger partial charge in [-0.1, -0.05) is 20.3 Å². The van der Waals surface area contributed by atoms with Crippen molar-refractivity contribution in [3.8, 4) is 0 Å². The molecule has 0 spiro atoms. The maximum Gasteiger partial charge on any atom is 0.0166 e. The van der Waals surface area contributed by atoms with Crippen molar-refractivity contribution in [1.82, 2.24) is 5.32 Å². The molecule has 0 bridgehead atoms. The molecule has 0 fully saturated rings. The van der Waals surface area contributed by atoms with Gasteiger partial charge < -0.3 is 11.1 Å². The molecule has 0 heterocycles. The molecular formula is C10H24N2. The molecule has 0 aliphatic heterocycles. The fourth-order valence-corrected chi connectivity index (χ4v) is 1.63. The zero-order valence-electron chi connectivity index (χ0n) is 8.98. The second kappa shape index (κ2) is 5.55. The average molecular weight is 172 g/mol. The quantitative estimate of drug-likeness (QED) is 0.642. The Bertz CT molecular complexity index is 114. The van der Waals surface area contributed by atoms with Crippen LogP contribution in [0.2, 0.25) is 0 Å². The Balaban J connectivity index is 3.94. The van der Waals surface area contributed by atoms with Crippen molar-refractivity contribution in [3.63, 3.8) is 0 Å². The van der Waals surface area contributed by atoms with Crippen molar-refractivity contribution in [2.24, 2.45) is 5.73 Å². The number of nitrogens with one attached hydrogen (secondary N) is 1. The summed E-state index contributed by atoms with van der Waals surface area (Å²) in [6.45, 7) is 6.56. The molecule has 0 rings (SSSR count). The van der Waals surface area contributed by atoms with E-state index in [-0.39, 0.29) is 5.54 Å². The van der Waals surface area contributed by atoms with Crippen molar-refractivity contribution in [2.75, 3.05) is 7.05 Å². The van der Waals surface area contributed by atoms with E-state index in [0.717, 1.165) is 19.3 Å². The van der Waals surface area contributed by atoms with Gasteiger partial charge in [0, 0.05) is 11.6 Å². The highest BCUT2D eigenvalue weighted by molar-refractivity contribution is 4.85. The zero-order chi connectivity index (χ0) is 9.61. The lowest BCUT2D eigenvalue weighted by Crippen LogP contribution is -2.44. The third-order valence-corrected chi connectivity index (χ3v) is 2.66. The molecule has 12 heavy (non-hydrogen) atoms. The normalized spacial score (nSPS) is 18.8. The molecule has 0 aromatic rings. The van der Waals surface area contributed by atoms with Crippen molar-refractivity contribution in [3.05, 3.63) is 0 Å². The summed E-state index contributed by atoms with van der Waals surface area (Å²) in [6, 6.07) is 0.529. The van der Waals surface area contributed by atoms with Crippen LogP contribution in [0.25, 0.3) is 0 Å². The number of nitrogens with two attached hydrogens (primary N) is 1. The highest BCUT2D eigenvalue weighted by Gasteiger charge is 2.23. The topological polar surface area (TPSA) is 38.0 Å². The van der Waals surface area contributed by atoms with Crippen LogP contribution >= 0.6 is 0 Å². The maximum absolute atomic E-state index is 6.24. The van der Waals surface area contributed by atoms with Crippen LogP contribution in [0.15, 0.2) is 0 Å². The summed E-state index contributed by atoms with van der Waals surface area (Å²) in [6.07, 6.45) is 4.47. The molecule has 0 radical (unpaired) electrons. The van der Waals surface area contributed by atoms with Crippen LogP contribution in [-0.2, 0) is 0 Å². The van der Waals surface area contributed by atoms with E-state index in [1.54, 1.807) is 0 Å². The molecule has 2 nitrogen and oxygen atoms in total. The lowest BCUT2D eigenvalue weighted by Gasteiger charge is -2.30. The van der Waals surface area contributed by atoms with Gasteiger partial charge in [-0.25, -0.2) is 0 Å². The Morgan fingerprint density at radius 3 is 2.33 bits per heavy atom. The standard InChI is InChI=1S/C10H24N2/c1-5-7-10(11,6-2)8-9(3)12-4/h9,12H,5-8,11H2,1-4H3. The Morgan fingerprint density at radius 2 is 2.00 bits per heavy atom. The van der Waals surface area contributed by atoms with Crippen LogP contribution < -0.4 is 11.1 Å². The molecule has 0 aromatic carbocycles. The molecule has 3 N–H and O–H groups in total. The SMILES string of the molecule is CCCC(N)(CC)CC(C)NC. The predicted octanol–water partition coefficient (Wildman–Crippen LogP) is 1.89. The van der Waals surface area contributed by atoms with Crippen molar-refractivity contribution in [2.45, 2.75) is 58.0 Å². The molecule has 2 atom stereocenters. The molecule has 0 saturated carbocycles. The number of hydrogen-bond acceptors (Lipinski definition) is 2. The van der Waals surface area contributed by atoms with Crippen LogP contribution in [0.3, 0.4) is 0 Å². The highest BCUT2D eigenvalue weighted by atomic mass is 14.9. The van der Waals surface area contributed by atoms with E-state index in [1.807, 2.05) is 7.05 Å². The molecule has 0 saturated heterocycles. The Labute approximate surface area is 76.9 Å². The Morgan fingerprint density at radius 1 is 1.42 bits per heavy atom. The summed E-state index contributed by atoms with van der Waals surface area (Å²) in [5.74, 6) is 0. The summed E-state index contributed by atoms with van der Waals surface area (Å²) in [5, 5.41) is 3.23. The van der Waals surface area contributed by atoms with E-state index in [9.17, 15) is 0 Å². The second-order valence-corrected chi connectivity index (χ2v) is 3.86. The predicted molar refractivity (Wildman–Crippen MR) is 55.3 cm³/mol. The van der Waals surface area contributed by atoms with E-state index in [2.05, 4.69) is 26.1 Å². The average Bonchev–Trinajstić information content (AvgIpc) is 2.05. The van der Waals surface area contributed by atoms with Gasteiger partial charge in [0.15, 0.2) is 0 Å². The first-order chi connectivity index (χ1) is 5.58. The first kappa shape index (κ1) is 11.9. The molecule has 2 heteroatoms. The van der Waals surface area contributed by atoms with Gasteiger partial charge in [-0.2, -0.15) is 0 Å². The van der Waals surface area contributed by atoms with Crippen molar-refractivity contribution >= 4 is 0 Å². The summed E-state index contributed by atoms with van der Waals surface area (Å²) in [4.78, 5) is 0. The Hall–Kier alpha value is -0.0800. The van der Waals surface area contributed by atoms with Crippen LogP contribution in [0.4, 0.5) is 0 Å². The van der Waals surface area contributed by atoms with Gasteiger partial charge in [0.05, 0.1) is 0 Å². The molecule has 2 unspecified atom stereocenters. The van der Waals surface area contributed by atoms with Crippen LogP contribution in [-0.4, -0.2) is 18.6 Å². The minimum absolute atomic E-state index is 0.0528. The third kappa shape index (κ3) is 4.07. The number of hydrogen-bond donors (Lipinski definition) is 2. The largest absolute Gasteiger partial charge is 0.325 e. The van der Waals surface area contributed by atoms with Gasteiger partial charge in [0.2, 0.25) is 0 Å². The van der Waals surface area contributed by atoms with Gasteiger partial charge in [0.1, 0.15) is 0 Å². The fraction of sp³-hybridized carbons (Fsp3) is 1.00. The molecule has 0 aliphatic rings. The summed E-state index contributed by atoms with van der Waals surface area (Å²) in [7, 11) is 1.99. The van der Waals surface area contributed by atoms with Crippen LogP contribution in [0.5, 0.6) is 0 Å². The monoisotopic (exact) mass is 172 g/mol. The first-order valence-electron chi connectivity index (χ1n) is 5.04. The zero-order valence-corrected chi connectivity index (χ0v) is 8.98. The lowest BCUT2D eigenvalue weighted by molar-refractivity contribution is 0.313. The van der Waals surface area contributed by atoms with E-state index in [1.165, 1.54) is 6.42 Å². The second-order valence-electron chi connectivity index (χ2n) is 3.86. The van der Waals surface area contributed by atoms with Gasteiger partial charge in [-0.3, -0.25) is 0 Å². The summed E-state index contributed by atoms with van der Waals surface area (Å²) >= 11 is 0. The van der Waals surface area contributed by atoms with Gasteiger partial charge in [0.25, 0.3) is 0 Å². The highest BCUT2D eigenvalue weighted by Crippen LogP contribution is 2.19. The number of rotatable bonds is 6.